The molecular weight excluding hydrogens is 248 g/mol. The molecule has 18 heavy (non-hydrogen) atoms. The zero-order valence-corrected chi connectivity index (χ0v) is 10.2. The SMILES string of the molecule is Clc1ncn2c1Cn1nccc1-c1ccccc1-2. The summed E-state index contributed by atoms with van der Waals surface area (Å²) in [5.41, 5.74) is 4.30. The number of nitrogens with zero attached hydrogens (tertiary/aromatic N) is 4. The van der Waals surface area contributed by atoms with E-state index in [0.717, 1.165) is 22.6 Å². The topological polar surface area (TPSA) is 35.6 Å². The smallest absolute Gasteiger partial charge is 0.152 e. The summed E-state index contributed by atoms with van der Waals surface area (Å²) in [6.45, 7) is 0.635. The molecule has 0 N–H and O–H groups in total. The number of halogens is 1. The molecule has 0 saturated heterocycles. The fourth-order valence-corrected chi connectivity index (χ4v) is 2.63. The second-order valence-corrected chi connectivity index (χ2v) is 4.60. The van der Waals surface area contributed by atoms with E-state index in [9.17, 15) is 0 Å². The highest BCUT2D eigenvalue weighted by Gasteiger charge is 2.21. The monoisotopic (exact) mass is 256 g/mol. The van der Waals surface area contributed by atoms with Crippen molar-refractivity contribution in [3.63, 3.8) is 0 Å². The molecule has 3 heterocycles. The van der Waals surface area contributed by atoms with Gasteiger partial charge >= 0.3 is 0 Å². The van der Waals surface area contributed by atoms with Gasteiger partial charge in [-0.15, -0.1) is 0 Å². The van der Waals surface area contributed by atoms with Crippen LogP contribution >= 0.6 is 11.6 Å². The third kappa shape index (κ3) is 1.21. The third-order valence-electron chi connectivity index (χ3n) is 3.27. The summed E-state index contributed by atoms with van der Waals surface area (Å²) in [6, 6.07) is 10.2. The van der Waals surface area contributed by atoms with Gasteiger partial charge in [0.1, 0.15) is 6.33 Å². The van der Waals surface area contributed by atoms with Crippen LogP contribution in [0.1, 0.15) is 5.69 Å². The van der Waals surface area contributed by atoms with Crippen LogP contribution in [-0.4, -0.2) is 19.3 Å². The van der Waals surface area contributed by atoms with Crippen molar-refractivity contribution < 1.29 is 0 Å². The maximum Gasteiger partial charge on any atom is 0.152 e. The van der Waals surface area contributed by atoms with Crippen LogP contribution in [0, 0.1) is 0 Å². The Morgan fingerprint density at radius 3 is 3.00 bits per heavy atom. The first-order valence-corrected chi connectivity index (χ1v) is 6.06. The summed E-state index contributed by atoms with van der Waals surface area (Å²) in [6.07, 6.45) is 3.58. The van der Waals surface area contributed by atoms with Gasteiger partial charge in [0, 0.05) is 11.8 Å². The second kappa shape index (κ2) is 3.46. The molecule has 1 aromatic carbocycles. The predicted octanol–water partition coefficient (Wildman–Crippen LogP) is 2.75. The molecule has 2 aromatic heterocycles. The Morgan fingerprint density at radius 2 is 2.06 bits per heavy atom. The number of benzene rings is 1. The van der Waals surface area contributed by atoms with Gasteiger partial charge in [0.25, 0.3) is 0 Å². The first-order valence-electron chi connectivity index (χ1n) is 5.68. The summed E-state index contributed by atoms with van der Waals surface area (Å²) >= 11 is 6.16. The van der Waals surface area contributed by atoms with E-state index in [0.29, 0.717) is 11.7 Å². The Bertz CT molecular complexity index is 741. The zero-order valence-electron chi connectivity index (χ0n) is 9.42. The largest absolute Gasteiger partial charge is 0.299 e. The van der Waals surface area contributed by atoms with Crippen LogP contribution in [0.25, 0.3) is 16.9 Å². The van der Waals surface area contributed by atoms with Crippen molar-refractivity contribution in [1.82, 2.24) is 19.3 Å². The van der Waals surface area contributed by atoms with Crippen molar-refractivity contribution in [2.45, 2.75) is 6.54 Å². The Balaban J connectivity index is 2.14. The van der Waals surface area contributed by atoms with E-state index >= 15 is 0 Å². The average Bonchev–Trinajstić information content (AvgIpc) is 2.96. The number of aromatic nitrogens is 4. The first-order chi connectivity index (χ1) is 8.84. The lowest BCUT2D eigenvalue weighted by atomic mass is 10.1. The molecule has 3 aromatic rings. The van der Waals surface area contributed by atoms with Crippen LogP contribution in [0.5, 0.6) is 0 Å². The molecule has 88 valence electrons. The van der Waals surface area contributed by atoms with Gasteiger partial charge in [-0.05, 0) is 12.1 Å². The fourth-order valence-electron chi connectivity index (χ4n) is 2.43. The molecule has 1 aliphatic heterocycles. The van der Waals surface area contributed by atoms with E-state index in [1.54, 1.807) is 6.33 Å². The van der Waals surface area contributed by atoms with Crippen molar-refractivity contribution in [2.75, 3.05) is 0 Å². The summed E-state index contributed by atoms with van der Waals surface area (Å²) < 4.78 is 3.98. The molecule has 0 unspecified atom stereocenters. The van der Waals surface area contributed by atoms with Crippen molar-refractivity contribution in [2.24, 2.45) is 0 Å². The molecular formula is C13H9ClN4. The lowest BCUT2D eigenvalue weighted by Gasteiger charge is -2.07. The molecule has 0 radical (unpaired) electrons. The highest BCUT2D eigenvalue weighted by atomic mass is 35.5. The maximum absolute atomic E-state index is 6.16. The van der Waals surface area contributed by atoms with E-state index < -0.39 is 0 Å². The molecule has 0 bridgehead atoms. The Labute approximate surface area is 108 Å². The highest BCUT2D eigenvalue weighted by molar-refractivity contribution is 6.30. The number of imidazole rings is 1. The van der Waals surface area contributed by atoms with Gasteiger partial charge < -0.3 is 0 Å². The molecule has 4 nitrogen and oxygen atoms in total. The lowest BCUT2D eigenvalue weighted by molar-refractivity contribution is 0.678. The van der Waals surface area contributed by atoms with Gasteiger partial charge in [0.05, 0.1) is 23.6 Å². The zero-order chi connectivity index (χ0) is 12.1. The van der Waals surface area contributed by atoms with Crippen LogP contribution in [0.3, 0.4) is 0 Å². The quantitative estimate of drug-likeness (QED) is 0.485. The number of hydrogen-bond donors (Lipinski definition) is 0. The molecule has 0 spiro atoms. The summed E-state index contributed by atoms with van der Waals surface area (Å²) in [5.74, 6) is 0. The van der Waals surface area contributed by atoms with Crippen LogP contribution in [0.2, 0.25) is 5.15 Å². The van der Waals surface area contributed by atoms with Crippen LogP contribution in [-0.2, 0) is 6.54 Å². The maximum atomic E-state index is 6.16. The first kappa shape index (κ1) is 9.91. The number of fused-ring (bicyclic) bond motifs is 5. The lowest BCUT2D eigenvalue weighted by Crippen LogP contribution is -2.04. The Hall–Kier alpha value is -2.07. The molecule has 0 atom stereocenters. The summed E-state index contributed by atoms with van der Waals surface area (Å²) in [7, 11) is 0. The predicted molar refractivity (Wildman–Crippen MR) is 68.9 cm³/mol. The fraction of sp³-hybridized carbons (Fsp3) is 0.0769. The van der Waals surface area contributed by atoms with Gasteiger partial charge in [-0.1, -0.05) is 29.8 Å². The van der Waals surface area contributed by atoms with E-state index in [2.05, 4.69) is 22.2 Å². The standard InChI is InChI=1S/C13H9ClN4/c14-13-12-7-18-11(5-6-16-18)9-3-1-2-4-10(9)17(12)8-15-13/h1-6,8H,7H2. The molecule has 1 aliphatic rings. The van der Waals surface area contributed by atoms with Crippen molar-refractivity contribution >= 4 is 11.6 Å². The minimum atomic E-state index is 0.535. The molecule has 0 aliphatic carbocycles. The highest BCUT2D eigenvalue weighted by Crippen LogP contribution is 2.32. The summed E-state index contributed by atoms with van der Waals surface area (Å²) in [5, 5.41) is 4.89. The number of rotatable bonds is 0. The number of hydrogen-bond acceptors (Lipinski definition) is 2. The number of para-hydroxylation sites is 1. The van der Waals surface area contributed by atoms with Crippen LogP contribution in [0.4, 0.5) is 0 Å². The van der Waals surface area contributed by atoms with E-state index in [1.807, 2.05) is 33.6 Å². The van der Waals surface area contributed by atoms with Crippen LogP contribution < -0.4 is 0 Å². The molecule has 5 heteroatoms. The van der Waals surface area contributed by atoms with Gasteiger partial charge in [-0.3, -0.25) is 9.25 Å². The molecule has 0 amide bonds. The molecule has 0 saturated carbocycles. The molecule has 4 rings (SSSR count). The normalized spacial score (nSPS) is 12.5. The van der Waals surface area contributed by atoms with Crippen molar-refractivity contribution in [1.29, 1.82) is 0 Å². The van der Waals surface area contributed by atoms with Crippen molar-refractivity contribution in [3.8, 4) is 16.9 Å². The van der Waals surface area contributed by atoms with Gasteiger partial charge in [0.15, 0.2) is 5.15 Å². The second-order valence-electron chi connectivity index (χ2n) is 4.24. The molecule has 0 fully saturated rings. The van der Waals surface area contributed by atoms with Crippen molar-refractivity contribution in [3.05, 3.63) is 53.7 Å². The van der Waals surface area contributed by atoms with E-state index in [-0.39, 0.29) is 0 Å². The van der Waals surface area contributed by atoms with E-state index in [1.165, 1.54) is 0 Å². The summed E-state index contributed by atoms with van der Waals surface area (Å²) in [4.78, 5) is 4.18. The average molecular weight is 257 g/mol. The van der Waals surface area contributed by atoms with Gasteiger partial charge in [-0.2, -0.15) is 5.10 Å². The third-order valence-corrected chi connectivity index (χ3v) is 3.59. The van der Waals surface area contributed by atoms with E-state index in [4.69, 9.17) is 11.6 Å². The van der Waals surface area contributed by atoms with Gasteiger partial charge in [-0.25, -0.2) is 4.98 Å². The van der Waals surface area contributed by atoms with Gasteiger partial charge in [0.2, 0.25) is 0 Å². The minimum absolute atomic E-state index is 0.535. The van der Waals surface area contributed by atoms with Crippen LogP contribution in [0.15, 0.2) is 42.9 Å². The Kier molecular flexibility index (Phi) is 1.91. The Morgan fingerprint density at radius 1 is 1.17 bits per heavy atom. The minimum Gasteiger partial charge on any atom is -0.299 e.